The highest BCUT2D eigenvalue weighted by atomic mass is 16.6. The Morgan fingerprint density at radius 2 is 1.76 bits per heavy atom. The van der Waals surface area contributed by atoms with Crippen LogP contribution in [0.4, 0.5) is 4.79 Å². The molecule has 1 fully saturated rings. The van der Waals surface area contributed by atoms with Crippen molar-refractivity contribution in [2.45, 2.75) is 58.2 Å². The van der Waals surface area contributed by atoms with Gasteiger partial charge < -0.3 is 24.4 Å². The summed E-state index contributed by atoms with van der Waals surface area (Å²) in [5.74, 6) is -0.0754. The number of hydrogen-bond acceptors (Lipinski definition) is 4. The Morgan fingerprint density at radius 3 is 2.33 bits per heavy atom. The van der Waals surface area contributed by atoms with Crippen LogP contribution in [0.2, 0.25) is 0 Å². The van der Waals surface area contributed by atoms with E-state index < -0.39 is 5.60 Å². The van der Waals surface area contributed by atoms with E-state index in [9.17, 15) is 9.59 Å². The zero-order valence-electron chi connectivity index (χ0n) is 20.8. The molecule has 0 aliphatic carbocycles. The Labute approximate surface area is 197 Å². The highest BCUT2D eigenvalue weighted by Gasteiger charge is 2.29. The normalized spacial score (nSPS) is 16.0. The lowest BCUT2D eigenvalue weighted by Gasteiger charge is -2.34. The van der Waals surface area contributed by atoms with E-state index in [2.05, 4.69) is 46.0 Å². The average Bonchev–Trinajstić information content (AvgIpc) is 3.24. The summed E-state index contributed by atoms with van der Waals surface area (Å²) < 4.78 is 7.55. The third-order valence-electron chi connectivity index (χ3n) is 6.06. The number of ether oxygens (including phenoxy) is 1. The number of nitrogens with one attached hydrogen (secondary N) is 1. The maximum absolute atomic E-state index is 13.1. The third-order valence-corrected chi connectivity index (χ3v) is 6.06. The van der Waals surface area contributed by atoms with Crippen molar-refractivity contribution in [3.63, 3.8) is 0 Å². The molecule has 1 unspecified atom stereocenters. The molecule has 2 amide bonds. The zero-order valence-corrected chi connectivity index (χ0v) is 20.8. The fourth-order valence-electron chi connectivity index (χ4n) is 4.22. The topological polar surface area (TPSA) is 66.8 Å². The summed E-state index contributed by atoms with van der Waals surface area (Å²) in [6.07, 6.45) is 3.28. The number of aryl methyl sites for hydroxylation is 1. The lowest BCUT2D eigenvalue weighted by atomic mass is 10.0. The van der Waals surface area contributed by atoms with Crippen LogP contribution < -0.4 is 5.32 Å². The molecule has 180 valence electrons. The first-order valence-electron chi connectivity index (χ1n) is 11.7. The number of rotatable bonds is 6. The molecule has 0 bridgehead atoms. The number of piperidine rings is 1. The number of nitrogens with zero attached hydrogens (tertiary/aromatic N) is 3. The van der Waals surface area contributed by atoms with Gasteiger partial charge in [0.2, 0.25) is 0 Å². The van der Waals surface area contributed by atoms with Gasteiger partial charge in [0.15, 0.2) is 0 Å². The van der Waals surface area contributed by atoms with Crippen LogP contribution in [0.1, 0.15) is 67.3 Å². The fourth-order valence-corrected chi connectivity index (χ4v) is 4.22. The Bertz CT molecular complexity index is 935. The van der Waals surface area contributed by atoms with Gasteiger partial charge in [0.1, 0.15) is 11.3 Å². The van der Waals surface area contributed by atoms with E-state index in [0.29, 0.717) is 25.3 Å². The van der Waals surface area contributed by atoms with Gasteiger partial charge in [-0.3, -0.25) is 4.79 Å². The zero-order chi connectivity index (χ0) is 24.2. The molecule has 1 N–H and O–H groups in total. The van der Waals surface area contributed by atoms with Crippen LogP contribution >= 0.6 is 0 Å². The lowest BCUT2D eigenvalue weighted by molar-refractivity contribution is 0.0187. The summed E-state index contributed by atoms with van der Waals surface area (Å²) in [7, 11) is 4.05. The SMILES string of the molecule is Cc1ccc(C(CNC(=O)c2cccn2C2CCN(C(=O)OC(C)(C)C)CC2)N(C)C)cc1. The number of carbonyl (C=O) groups is 2. The van der Waals surface area contributed by atoms with Crippen LogP contribution in [0.5, 0.6) is 0 Å². The van der Waals surface area contributed by atoms with Crippen LogP contribution in [0.25, 0.3) is 0 Å². The summed E-state index contributed by atoms with van der Waals surface area (Å²) in [6.45, 7) is 9.47. The number of likely N-dealkylation sites (tertiary alicyclic amines) is 1. The van der Waals surface area contributed by atoms with E-state index in [4.69, 9.17) is 4.74 Å². The smallest absolute Gasteiger partial charge is 0.410 e. The van der Waals surface area contributed by atoms with Crippen molar-refractivity contribution >= 4 is 12.0 Å². The van der Waals surface area contributed by atoms with E-state index in [1.165, 1.54) is 11.1 Å². The van der Waals surface area contributed by atoms with Gasteiger partial charge in [-0.15, -0.1) is 0 Å². The van der Waals surface area contributed by atoms with Gasteiger partial charge in [-0.2, -0.15) is 0 Å². The first-order valence-corrected chi connectivity index (χ1v) is 11.7. The van der Waals surface area contributed by atoms with Crippen LogP contribution in [0, 0.1) is 6.92 Å². The first-order chi connectivity index (χ1) is 15.5. The molecule has 1 atom stereocenters. The van der Waals surface area contributed by atoms with Gasteiger partial charge in [-0.05, 0) is 72.3 Å². The van der Waals surface area contributed by atoms with Crippen molar-refractivity contribution in [3.05, 3.63) is 59.4 Å². The van der Waals surface area contributed by atoms with Crippen molar-refractivity contribution in [2.24, 2.45) is 0 Å². The molecule has 0 radical (unpaired) electrons. The summed E-state index contributed by atoms with van der Waals surface area (Å²) in [4.78, 5) is 29.3. The molecule has 0 saturated carbocycles. The number of aromatic nitrogens is 1. The standard InChI is InChI=1S/C26H38N4O3/c1-19-9-11-20(12-10-19)23(28(5)6)18-27-24(31)22-8-7-15-30(22)21-13-16-29(17-14-21)25(32)33-26(2,3)4/h7-12,15,21,23H,13-14,16-18H2,1-6H3,(H,27,31). The van der Waals surface area contributed by atoms with E-state index in [0.717, 1.165) is 12.8 Å². The van der Waals surface area contributed by atoms with Crippen molar-refractivity contribution in [3.8, 4) is 0 Å². The summed E-state index contributed by atoms with van der Waals surface area (Å²) in [5.41, 5.74) is 2.56. The fraction of sp³-hybridized carbons (Fsp3) is 0.538. The molecule has 1 aliphatic heterocycles. The van der Waals surface area contributed by atoms with E-state index in [1.54, 1.807) is 4.90 Å². The largest absolute Gasteiger partial charge is 0.444 e. The molecule has 1 aromatic heterocycles. The molecule has 2 heterocycles. The summed E-state index contributed by atoms with van der Waals surface area (Å²) in [6, 6.07) is 12.5. The van der Waals surface area contributed by atoms with Crippen molar-refractivity contribution in [1.82, 2.24) is 19.7 Å². The molecule has 1 saturated heterocycles. The van der Waals surface area contributed by atoms with Crippen LogP contribution in [-0.4, -0.2) is 65.7 Å². The quantitative estimate of drug-likeness (QED) is 0.703. The predicted molar refractivity (Wildman–Crippen MR) is 130 cm³/mol. The molecule has 1 aliphatic rings. The third kappa shape index (κ3) is 6.60. The average molecular weight is 455 g/mol. The van der Waals surface area contributed by atoms with Crippen molar-refractivity contribution < 1.29 is 14.3 Å². The monoisotopic (exact) mass is 454 g/mol. The first kappa shape index (κ1) is 24.8. The van der Waals surface area contributed by atoms with Crippen molar-refractivity contribution in [2.75, 3.05) is 33.7 Å². The highest BCUT2D eigenvalue weighted by Crippen LogP contribution is 2.26. The van der Waals surface area contributed by atoms with E-state index in [-0.39, 0.29) is 24.1 Å². The van der Waals surface area contributed by atoms with E-state index in [1.807, 2.05) is 53.2 Å². The van der Waals surface area contributed by atoms with Crippen LogP contribution in [-0.2, 0) is 4.74 Å². The number of likely N-dealkylation sites (N-methyl/N-ethyl adjacent to an activating group) is 1. The molecular weight excluding hydrogens is 416 g/mol. The highest BCUT2D eigenvalue weighted by molar-refractivity contribution is 5.92. The molecule has 1 aromatic carbocycles. The molecule has 3 rings (SSSR count). The van der Waals surface area contributed by atoms with E-state index >= 15 is 0 Å². The predicted octanol–water partition coefficient (Wildman–Crippen LogP) is 4.40. The van der Waals surface area contributed by atoms with Gasteiger partial charge in [0.25, 0.3) is 5.91 Å². The van der Waals surface area contributed by atoms with Gasteiger partial charge >= 0.3 is 6.09 Å². The van der Waals surface area contributed by atoms with Crippen LogP contribution in [0.15, 0.2) is 42.6 Å². The minimum Gasteiger partial charge on any atom is -0.444 e. The molecule has 33 heavy (non-hydrogen) atoms. The Morgan fingerprint density at radius 1 is 1.12 bits per heavy atom. The second kappa shape index (κ2) is 10.4. The van der Waals surface area contributed by atoms with Gasteiger partial charge in [0, 0.05) is 31.9 Å². The molecule has 7 nitrogen and oxygen atoms in total. The minimum atomic E-state index is -0.497. The van der Waals surface area contributed by atoms with Gasteiger partial charge in [-0.25, -0.2) is 4.79 Å². The maximum atomic E-state index is 13.1. The Kier molecular flexibility index (Phi) is 7.84. The minimum absolute atomic E-state index is 0.0754. The van der Waals surface area contributed by atoms with Crippen LogP contribution in [0.3, 0.4) is 0 Å². The second-order valence-corrected chi connectivity index (χ2v) is 10.1. The number of hydrogen-bond donors (Lipinski definition) is 1. The lowest BCUT2D eigenvalue weighted by Crippen LogP contribution is -2.42. The number of benzene rings is 1. The Hall–Kier alpha value is -2.80. The second-order valence-electron chi connectivity index (χ2n) is 10.1. The summed E-state index contributed by atoms with van der Waals surface area (Å²) in [5, 5.41) is 3.13. The van der Waals surface area contributed by atoms with Crippen molar-refractivity contribution in [1.29, 1.82) is 0 Å². The molecule has 2 aromatic rings. The number of amides is 2. The van der Waals surface area contributed by atoms with Gasteiger partial charge in [0.05, 0.1) is 6.04 Å². The molecule has 0 spiro atoms. The summed E-state index contributed by atoms with van der Waals surface area (Å²) >= 11 is 0. The maximum Gasteiger partial charge on any atom is 0.410 e. The van der Waals surface area contributed by atoms with Gasteiger partial charge in [-0.1, -0.05) is 29.8 Å². The number of carbonyl (C=O) groups excluding carboxylic acids is 2. The molecule has 7 heteroatoms. The molecular formula is C26H38N4O3. The Balaban J connectivity index is 1.60.